The molecule has 1 saturated heterocycles. The van der Waals surface area contributed by atoms with E-state index in [1.807, 2.05) is 6.92 Å². The molecule has 2 rings (SSSR count). The maximum Gasteiger partial charge on any atom is 0.150 e. The first-order chi connectivity index (χ1) is 8.81. The molecule has 100 valence electrons. The van der Waals surface area contributed by atoms with Crippen molar-refractivity contribution in [3.05, 3.63) is 18.1 Å². The summed E-state index contributed by atoms with van der Waals surface area (Å²) in [4.78, 5) is 13.6. The number of hydrogen-bond donors (Lipinski definition) is 1. The minimum atomic E-state index is 0.804. The summed E-state index contributed by atoms with van der Waals surface area (Å²) in [6.07, 6.45) is 5.86. The first kappa shape index (κ1) is 13.2. The van der Waals surface area contributed by atoms with E-state index in [9.17, 15) is 0 Å². The lowest BCUT2D eigenvalue weighted by molar-refractivity contribution is 0.253. The van der Waals surface area contributed by atoms with Gasteiger partial charge in [0.25, 0.3) is 0 Å². The molecular weight excluding hydrogens is 226 g/mol. The molecule has 0 spiro atoms. The van der Waals surface area contributed by atoms with E-state index in [1.54, 1.807) is 12.4 Å². The van der Waals surface area contributed by atoms with Crippen molar-refractivity contribution >= 4 is 5.82 Å². The number of nitrogens with two attached hydrogens (primary N) is 1. The molecule has 2 N–H and O–H groups in total. The Kier molecular flexibility index (Phi) is 4.90. The minimum absolute atomic E-state index is 0.804. The van der Waals surface area contributed by atoms with Gasteiger partial charge in [-0.25, -0.2) is 4.98 Å². The van der Waals surface area contributed by atoms with Crippen LogP contribution in [0.3, 0.4) is 0 Å². The third kappa shape index (κ3) is 3.40. The number of anilines is 1. The van der Waals surface area contributed by atoms with Crippen LogP contribution in [0.15, 0.2) is 12.4 Å². The smallest absolute Gasteiger partial charge is 0.150 e. The molecule has 0 bridgehead atoms. The van der Waals surface area contributed by atoms with Crippen LogP contribution in [0, 0.1) is 6.92 Å². The Labute approximate surface area is 109 Å². The van der Waals surface area contributed by atoms with Crippen LogP contribution < -0.4 is 10.6 Å². The van der Waals surface area contributed by atoms with E-state index in [4.69, 9.17) is 5.73 Å². The number of nitrogens with zero attached hydrogens (tertiary/aromatic N) is 4. The van der Waals surface area contributed by atoms with Crippen molar-refractivity contribution in [2.24, 2.45) is 5.73 Å². The van der Waals surface area contributed by atoms with Gasteiger partial charge in [0, 0.05) is 38.6 Å². The summed E-state index contributed by atoms with van der Waals surface area (Å²) < 4.78 is 0. The molecule has 1 aromatic heterocycles. The second-order valence-electron chi connectivity index (χ2n) is 4.79. The summed E-state index contributed by atoms with van der Waals surface area (Å²) in [7, 11) is 0. The summed E-state index contributed by atoms with van der Waals surface area (Å²) >= 11 is 0. The summed E-state index contributed by atoms with van der Waals surface area (Å²) in [6, 6.07) is 0. The lowest BCUT2D eigenvalue weighted by Crippen LogP contribution is -2.47. The molecule has 0 aromatic carbocycles. The summed E-state index contributed by atoms with van der Waals surface area (Å²) in [5.74, 6) is 1.04. The van der Waals surface area contributed by atoms with E-state index in [0.29, 0.717) is 0 Å². The maximum atomic E-state index is 5.52. The second kappa shape index (κ2) is 6.66. The van der Waals surface area contributed by atoms with Crippen LogP contribution in [-0.2, 0) is 0 Å². The topological polar surface area (TPSA) is 58.3 Å². The SMILES string of the molecule is Cc1nccnc1N1CCN(CCCCN)CC1. The molecule has 5 nitrogen and oxygen atoms in total. The van der Waals surface area contributed by atoms with Gasteiger partial charge < -0.3 is 10.6 Å². The van der Waals surface area contributed by atoms with Crippen LogP contribution in [0.5, 0.6) is 0 Å². The molecule has 0 atom stereocenters. The van der Waals surface area contributed by atoms with Gasteiger partial charge in [-0.3, -0.25) is 9.88 Å². The largest absolute Gasteiger partial charge is 0.353 e. The average molecular weight is 249 g/mol. The third-order valence-electron chi connectivity index (χ3n) is 3.46. The normalized spacial score (nSPS) is 17.1. The van der Waals surface area contributed by atoms with Crippen LogP contribution >= 0.6 is 0 Å². The minimum Gasteiger partial charge on any atom is -0.353 e. The Balaban J connectivity index is 1.81. The van der Waals surface area contributed by atoms with Crippen molar-refractivity contribution in [1.29, 1.82) is 0 Å². The predicted octanol–water partition coefficient (Wildman–Crippen LogP) is 0.646. The van der Waals surface area contributed by atoms with Crippen LogP contribution in [0.2, 0.25) is 0 Å². The number of aromatic nitrogens is 2. The van der Waals surface area contributed by atoms with E-state index in [1.165, 1.54) is 13.0 Å². The molecule has 18 heavy (non-hydrogen) atoms. The highest BCUT2D eigenvalue weighted by Gasteiger charge is 2.18. The van der Waals surface area contributed by atoms with Gasteiger partial charge in [0.15, 0.2) is 0 Å². The molecule has 5 heteroatoms. The fourth-order valence-electron chi connectivity index (χ4n) is 2.37. The van der Waals surface area contributed by atoms with Gasteiger partial charge in [0.1, 0.15) is 5.82 Å². The predicted molar refractivity (Wildman–Crippen MR) is 73.7 cm³/mol. The van der Waals surface area contributed by atoms with E-state index >= 15 is 0 Å². The van der Waals surface area contributed by atoms with Gasteiger partial charge in [-0.1, -0.05) is 0 Å². The monoisotopic (exact) mass is 249 g/mol. The van der Waals surface area contributed by atoms with Crippen molar-refractivity contribution in [3.8, 4) is 0 Å². The molecule has 0 saturated carbocycles. The van der Waals surface area contributed by atoms with E-state index < -0.39 is 0 Å². The molecule has 1 aliphatic rings. The van der Waals surface area contributed by atoms with Crippen molar-refractivity contribution < 1.29 is 0 Å². The quantitative estimate of drug-likeness (QED) is 0.776. The lowest BCUT2D eigenvalue weighted by Gasteiger charge is -2.35. The van der Waals surface area contributed by atoms with Gasteiger partial charge in [0.05, 0.1) is 5.69 Å². The molecular formula is C13H23N5. The zero-order chi connectivity index (χ0) is 12.8. The van der Waals surface area contributed by atoms with Crippen LogP contribution in [0.1, 0.15) is 18.5 Å². The molecule has 2 heterocycles. The molecule has 0 unspecified atom stereocenters. The van der Waals surface area contributed by atoms with Gasteiger partial charge in [-0.15, -0.1) is 0 Å². The Morgan fingerprint density at radius 3 is 2.50 bits per heavy atom. The lowest BCUT2D eigenvalue weighted by atomic mass is 10.2. The van der Waals surface area contributed by atoms with Crippen molar-refractivity contribution in [1.82, 2.24) is 14.9 Å². The number of unbranched alkanes of at least 4 members (excludes halogenated alkanes) is 1. The van der Waals surface area contributed by atoms with Gasteiger partial charge in [0.2, 0.25) is 0 Å². The van der Waals surface area contributed by atoms with Crippen LogP contribution in [0.25, 0.3) is 0 Å². The van der Waals surface area contributed by atoms with Crippen molar-refractivity contribution in [2.45, 2.75) is 19.8 Å². The Hall–Kier alpha value is -1.20. The summed E-state index contributed by atoms with van der Waals surface area (Å²) in [5.41, 5.74) is 6.54. The fourth-order valence-corrected chi connectivity index (χ4v) is 2.37. The Morgan fingerprint density at radius 1 is 1.11 bits per heavy atom. The molecule has 1 aromatic rings. The van der Waals surface area contributed by atoms with E-state index in [2.05, 4.69) is 19.8 Å². The van der Waals surface area contributed by atoms with E-state index in [-0.39, 0.29) is 0 Å². The molecule has 0 amide bonds. The first-order valence-electron chi connectivity index (χ1n) is 6.76. The van der Waals surface area contributed by atoms with Crippen molar-refractivity contribution in [2.75, 3.05) is 44.2 Å². The Bertz CT molecular complexity index is 360. The highest BCUT2D eigenvalue weighted by molar-refractivity contribution is 5.42. The highest BCUT2D eigenvalue weighted by atomic mass is 15.3. The zero-order valence-corrected chi connectivity index (χ0v) is 11.2. The van der Waals surface area contributed by atoms with E-state index in [0.717, 1.165) is 50.7 Å². The van der Waals surface area contributed by atoms with Crippen molar-refractivity contribution in [3.63, 3.8) is 0 Å². The van der Waals surface area contributed by atoms with Crippen LogP contribution in [0.4, 0.5) is 5.82 Å². The standard InChI is InChI=1S/C13H23N5/c1-12-13(16-6-5-15-12)18-10-8-17(9-11-18)7-3-2-4-14/h5-6H,2-4,7-11,14H2,1H3. The molecule has 0 radical (unpaired) electrons. The maximum absolute atomic E-state index is 5.52. The second-order valence-corrected chi connectivity index (χ2v) is 4.79. The zero-order valence-electron chi connectivity index (χ0n) is 11.2. The summed E-state index contributed by atoms with van der Waals surface area (Å²) in [6.45, 7) is 8.31. The average Bonchev–Trinajstić information content (AvgIpc) is 2.41. The fraction of sp³-hybridized carbons (Fsp3) is 0.692. The van der Waals surface area contributed by atoms with Gasteiger partial charge in [-0.2, -0.15) is 0 Å². The third-order valence-corrected chi connectivity index (χ3v) is 3.46. The molecule has 1 fully saturated rings. The molecule has 0 aliphatic carbocycles. The number of hydrogen-bond acceptors (Lipinski definition) is 5. The van der Waals surface area contributed by atoms with Crippen LogP contribution in [-0.4, -0.2) is 54.1 Å². The summed E-state index contributed by atoms with van der Waals surface area (Å²) in [5, 5.41) is 0. The number of piperazine rings is 1. The number of rotatable bonds is 5. The van der Waals surface area contributed by atoms with Gasteiger partial charge >= 0.3 is 0 Å². The molecule has 1 aliphatic heterocycles. The highest BCUT2D eigenvalue weighted by Crippen LogP contribution is 2.15. The Morgan fingerprint density at radius 2 is 1.83 bits per heavy atom. The van der Waals surface area contributed by atoms with Gasteiger partial charge in [-0.05, 0) is 32.9 Å². The first-order valence-corrected chi connectivity index (χ1v) is 6.76. The number of aryl methyl sites for hydroxylation is 1.